The standard InChI is InChI=1S/C25H23N3O4/c1-18-11-13-20(14-12-18)32-17-23(29)26-27-24-21-9-5-6-10-22(21)28(25(24)30)15-16-31-19-7-3-2-4-8-19/h2-14,30H,15-17H2,1H3. The van der Waals surface area contributed by atoms with Crippen molar-refractivity contribution < 1.29 is 19.4 Å². The molecule has 0 aliphatic carbocycles. The van der Waals surface area contributed by atoms with Gasteiger partial charge in [0, 0.05) is 5.39 Å². The Kier molecular flexibility index (Phi) is 6.46. The van der Waals surface area contributed by atoms with Gasteiger partial charge in [0.25, 0.3) is 0 Å². The summed E-state index contributed by atoms with van der Waals surface area (Å²) >= 11 is 0. The Bertz CT molecular complexity index is 1230. The molecule has 1 aromatic heterocycles. The summed E-state index contributed by atoms with van der Waals surface area (Å²) in [6.07, 6.45) is 0. The van der Waals surface area contributed by atoms with Crippen molar-refractivity contribution in [2.24, 2.45) is 10.2 Å². The van der Waals surface area contributed by atoms with Gasteiger partial charge in [-0.1, -0.05) is 54.1 Å². The van der Waals surface area contributed by atoms with Gasteiger partial charge in [0.15, 0.2) is 12.3 Å². The van der Waals surface area contributed by atoms with E-state index < -0.39 is 5.91 Å². The number of nitrogens with zero attached hydrogens (tertiary/aromatic N) is 3. The summed E-state index contributed by atoms with van der Waals surface area (Å²) in [5, 5.41) is 19.2. The van der Waals surface area contributed by atoms with Crippen LogP contribution in [0.5, 0.6) is 17.4 Å². The van der Waals surface area contributed by atoms with Crippen molar-refractivity contribution in [3.63, 3.8) is 0 Å². The maximum absolute atomic E-state index is 12.1. The van der Waals surface area contributed by atoms with Crippen LogP contribution in [0.25, 0.3) is 10.9 Å². The zero-order valence-corrected chi connectivity index (χ0v) is 17.6. The number of aromatic hydroxyl groups is 1. The number of rotatable bonds is 8. The molecule has 7 heteroatoms. The SMILES string of the molecule is Cc1ccc(OCC(=O)N=Nc2c(O)n(CCOc3ccccc3)c3ccccc23)cc1. The molecule has 1 N–H and O–H groups in total. The predicted molar refractivity (Wildman–Crippen MR) is 122 cm³/mol. The normalized spacial score (nSPS) is 11.2. The fraction of sp³-hybridized carbons (Fsp3) is 0.160. The molecule has 0 aliphatic heterocycles. The molecule has 32 heavy (non-hydrogen) atoms. The first-order valence-electron chi connectivity index (χ1n) is 10.2. The number of carbonyl (C=O) groups is 1. The molecule has 0 bridgehead atoms. The van der Waals surface area contributed by atoms with E-state index in [2.05, 4.69) is 10.2 Å². The number of azo groups is 1. The maximum atomic E-state index is 12.1. The third kappa shape index (κ3) is 4.95. The van der Waals surface area contributed by atoms with Crippen molar-refractivity contribution in [2.75, 3.05) is 13.2 Å². The summed E-state index contributed by atoms with van der Waals surface area (Å²) in [6, 6.07) is 24.2. The number of benzene rings is 3. The van der Waals surface area contributed by atoms with Crippen LogP contribution < -0.4 is 9.47 Å². The summed E-state index contributed by atoms with van der Waals surface area (Å²) < 4.78 is 12.9. The average Bonchev–Trinajstić information content (AvgIpc) is 3.09. The van der Waals surface area contributed by atoms with Gasteiger partial charge in [-0.05, 0) is 37.3 Å². The lowest BCUT2D eigenvalue weighted by Crippen LogP contribution is -2.08. The van der Waals surface area contributed by atoms with E-state index in [1.165, 1.54) is 0 Å². The van der Waals surface area contributed by atoms with Crippen molar-refractivity contribution in [3.05, 3.63) is 84.4 Å². The second-order valence-electron chi connectivity index (χ2n) is 7.20. The molecular weight excluding hydrogens is 406 g/mol. The predicted octanol–water partition coefficient (Wildman–Crippen LogP) is 5.42. The lowest BCUT2D eigenvalue weighted by atomic mass is 10.2. The van der Waals surface area contributed by atoms with E-state index >= 15 is 0 Å². The molecule has 0 atom stereocenters. The highest BCUT2D eigenvalue weighted by Crippen LogP contribution is 2.38. The van der Waals surface area contributed by atoms with E-state index in [9.17, 15) is 9.90 Å². The molecule has 0 unspecified atom stereocenters. The number of para-hydroxylation sites is 2. The van der Waals surface area contributed by atoms with Crippen molar-refractivity contribution in [3.8, 4) is 17.4 Å². The van der Waals surface area contributed by atoms with Gasteiger partial charge in [0.05, 0.1) is 12.1 Å². The molecule has 7 nitrogen and oxygen atoms in total. The number of amides is 1. The van der Waals surface area contributed by atoms with Gasteiger partial charge < -0.3 is 19.1 Å². The van der Waals surface area contributed by atoms with Gasteiger partial charge >= 0.3 is 5.91 Å². The van der Waals surface area contributed by atoms with Crippen LogP contribution >= 0.6 is 0 Å². The van der Waals surface area contributed by atoms with E-state index in [0.29, 0.717) is 24.3 Å². The molecular formula is C25H23N3O4. The zero-order chi connectivity index (χ0) is 22.3. The van der Waals surface area contributed by atoms with Crippen LogP contribution in [0.15, 0.2) is 89.1 Å². The number of aromatic nitrogens is 1. The first-order chi connectivity index (χ1) is 15.6. The molecule has 0 radical (unpaired) electrons. The van der Waals surface area contributed by atoms with Gasteiger partial charge in [0.1, 0.15) is 18.1 Å². The summed E-state index contributed by atoms with van der Waals surface area (Å²) in [6.45, 7) is 2.49. The van der Waals surface area contributed by atoms with Crippen molar-refractivity contribution >= 4 is 22.5 Å². The molecule has 0 aliphatic rings. The molecule has 0 spiro atoms. The second-order valence-corrected chi connectivity index (χ2v) is 7.20. The van der Waals surface area contributed by atoms with E-state index in [-0.39, 0.29) is 18.2 Å². The highest BCUT2D eigenvalue weighted by Gasteiger charge is 2.16. The summed E-state index contributed by atoms with van der Waals surface area (Å²) in [4.78, 5) is 12.1. The zero-order valence-electron chi connectivity index (χ0n) is 17.6. The Morgan fingerprint density at radius 3 is 2.38 bits per heavy atom. The number of ether oxygens (including phenoxy) is 2. The molecule has 162 valence electrons. The first-order valence-corrected chi connectivity index (χ1v) is 10.2. The molecule has 1 amide bonds. The van der Waals surface area contributed by atoms with Crippen molar-refractivity contribution in [2.45, 2.75) is 13.5 Å². The minimum Gasteiger partial charge on any atom is -0.493 e. The first kappa shape index (κ1) is 21.1. The van der Waals surface area contributed by atoms with Crippen molar-refractivity contribution in [1.29, 1.82) is 0 Å². The minimum atomic E-state index is -0.547. The fourth-order valence-corrected chi connectivity index (χ4v) is 3.28. The number of aryl methyl sites for hydroxylation is 1. The lowest BCUT2D eigenvalue weighted by Gasteiger charge is -2.09. The fourth-order valence-electron chi connectivity index (χ4n) is 3.28. The topological polar surface area (TPSA) is 85.4 Å². The number of hydrogen-bond acceptors (Lipinski definition) is 5. The molecule has 0 fully saturated rings. The Balaban J connectivity index is 1.46. The van der Waals surface area contributed by atoms with Gasteiger partial charge in [-0.15, -0.1) is 10.2 Å². The lowest BCUT2D eigenvalue weighted by molar-refractivity contribution is -0.120. The second kappa shape index (κ2) is 9.78. The molecule has 1 heterocycles. The van der Waals surface area contributed by atoms with E-state index in [1.807, 2.05) is 73.7 Å². The van der Waals surface area contributed by atoms with Crippen molar-refractivity contribution in [1.82, 2.24) is 4.57 Å². The quantitative estimate of drug-likeness (QED) is 0.379. The number of fused-ring (bicyclic) bond motifs is 1. The van der Waals surface area contributed by atoms with Crippen LogP contribution in [0.2, 0.25) is 0 Å². The Labute approximate surface area is 185 Å². The summed E-state index contributed by atoms with van der Waals surface area (Å²) in [5.41, 5.74) is 2.12. The molecule has 0 saturated carbocycles. The maximum Gasteiger partial charge on any atom is 0.302 e. The van der Waals surface area contributed by atoms with Gasteiger partial charge in [-0.3, -0.25) is 4.79 Å². The van der Waals surface area contributed by atoms with E-state index in [4.69, 9.17) is 9.47 Å². The molecule has 4 rings (SSSR count). The Hall–Kier alpha value is -4.13. The Morgan fingerprint density at radius 2 is 1.59 bits per heavy atom. The van der Waals surface area contributed by atoms with E-state index in [1.54, 1.807) is 16.7 Å². The third-order valence-corrected chi connectivity index (χ3v) is 4.89. The third-order valence-electron chi connectivity index (χ3n) is 4.89. The summed E-state index contributed by atoms with van der Waals surface area (Å²) in [5.74, 6) is 0.715. The van der Waals surface area contributed by atoms with Crippen LogP contribution in [0.3, 0.4) is 0 Å². The smallest absolute Gasteiger partial charge is 0.302 e. The minimum absolute atomic E-state index is 0.0705. The van der Waals surface area contributed by atoms with Crippen LogP contribution in [-0.4, -0.2) is 28.8 Å². The van der Waals surface area contributed by atoms with Gasteiger partial charge in [0.2, 0.25) is 5.88 Å². The monoisotopic (exact) mass is 429 g/mol. The van der Waals surface area contributed by atoms with Gasteiger partial charge in [-0.2, -0.15) is 0 Å². The molecule has 0 saturated heterocycles. The van der Waals surface area contributed by atoms with Crippen LogP contribution in [-0.2, 0) is 11.3 Å². The highest BCUT2D eigenvalue weighted by molar-refractivity contribution is 5.95. The summed E-state index contributed by atoms with van der Waals surface area (Å²) in [7, 11) is 0. The van der Waals surface area contributed by atoms with E-state index in [0.717, 1.165) is 16.8 Å². The van der Waals surface area contributed by atoms with Crippen LogP contribution in [0, 0.1) is 6.92 Å². The largest absolute Gasteiger partial charge is 0.493 e. The molecule has 3 aromatic carbocycles. The number of carbonyl (C=O) groups excluding carboxylic acids is 1. The van der Waals surface area contributed by atoms with Gasteiger partial charge in [-0.25, -0.2) is 0 Å². The average molecular weight is 429 g/mol. The molecule has 4 aromatic rings. The van der Waals surface area contributed by atoms with Crippen LogP contribution in [0.1, 0.15) is 5.56 Å². The van der Waals surface area contributed by atoms with Crippen LogP contribution in [0.4, 0.5) is 5.69 Å². The highest BCUT2D eigenvalue weighted by atomic mass is 16.5. The number of hydrogen-bond donors (Lipinski definition) is 1. The Morgan fingerprint density at radius 1 is 0.906 bits per heavy atom.